The summed E-state index contributed by atoms with van der Waals surface area (Å²) in [6.45, 7) is 54.6. The smallest absolute Gasteiger partial charge is 0.0465 e. The Kier molecular flexibility index (Phi) is 38.9. The number of hydrogen-bond donors (Lipinski definition) is 0. The summed E-state index contributed by atoms with van der Waals surface area (Å²) in [6, 6.07) is 80.9. The zero-order chi connectivity index (χ0) is 97.3. The van der Waals surface area contributed by atoms with Crippen LogP contribution in [-0.2, 0) is 56.2 Å². The van der Waals surface area contributed by atoms with Crippen LogP contribution in [0.3, 0.4) is 0 Å². The highest BCUT2D eigenvalue weighted by molar-refractivity contribution is 6.05. The molecule has 0 radical (unpaired) electrons. The Balaban J connectivity index is 1.01. The Hall–Kier alpha value is -7.94. The molecule has 2 heteroatoms. The molecular formula is C134H190N2. The lowest BCUT2D eigenvalue weighted by atomic mass is 9.53. The quantitative estimate of drug-likeness (QED) is 0.0351. The van der Waals surface area contributed by atoms with Crippen LogP contribution < -0.4 is 9.80 Å². The molecule has 10 aromatic carbocycles. The molecule has 3 atom stereocenters. The van der Waals surface area contributed by atoms with Gasteiger partial charge in [-0.1, -0.05) is 476 Å². The third kappa shape index (κ3) is 23.1. The van der Waals surface area contributed by atoms with Crippen LogP contribution in [0.2, 0.25) is 0 Å². The first-order valence-corrected chi connectivity index (χ1v) is 56.9. The van der Waals surface area contributed by atoms with E-state index in [1.807, 2.05) is 0 Å². The van der Waals surface area contributed by atoms with Crippen LogP contribution in [0.25, 0.3) is 33.0 Å². The van der Waals surface area contributed by atoms with E-state index < -0.39 is 0 Å². The van der Waals surface area contributed by atoms with E-state index in [2.05, 4.69) is 356 Å². The standard InChI is InChI=1S/C134H190N2/c1-23-35-42-48-52-60-91-133(92-61-53-49-43-36-24-2)123-98-112(135(108-77-68-101(13)69-78-108)110-81-72-105(73-82-110)127(15,16)30-8)85-88-115(123)116-89-86-113(99-124(116)133)136(109-79-70-102(14)71-80-109)111-83-74-106(75-84-111)132(22,90-41-29-7)128(17,18)119-95-104(65-57-47-40-28-6)120(96-103(119)64-56-46-39-27-5)130(20,33-11)131(21,34-12)121-100-125-126(117-67-59-58-66-114(117)121)118-87-76-107(129(19,31-9)32-10)97-122(118)134(125,93-62-54-50-44-37-25-3)94-63-55-51-45-38-26-4/h58-59,66-89,95-100H,23-57,60-65,90-94H2,1-22H3. The van der Waals surface area contributed by atoms with Crippen LogP contribution >= 0.6 is 0 Å². The molecule has 2 aliphatic carbocycles. The second-order valence-electron chi connectivity index (χ2n) is 45.5. The summed E-state index contributed by atoms with van der Waals surface area (Å²) in [7, 11) is 0. The minimum Gasteiger partial charge on any atom is -0.310 e. The van der Waals surface area contributed by atoms with Gasteiger partial charge in [0.05, 0.1) is 0 Å². The Morgan fingerprint density at radius 1 is 0.250 bits per heavy atom. The van der Waals surface area contributed by atoms with Gasteiger partial charge in [0.2, 0.25) is 0 Å². The van der Waals surface area contributed by atoms with E-state index >= 15 is 0 Å². The number of rotatable bonds is 60. The predicted octanol–water partition coefficient (Wildman–Crippen LogP) is 42.4. The van der Waals surface area contributed by atoms with E-state index in [0.717, 1.165) is 77.0 Å². The highest BCUT2D eigenvalue weighted by atomic mass is 15.1. The average Bonchev–Trinajstić information content (AvgIpc) is 1.49. The van der Waals surface area contributed by atoms with Crippen molar-refractivity contribution in [3.05, 3.63) is 272 Å². The molecule has 0 amide bonds. The minimum atomic E-state index is -0.252. The van der Waals surface area contributed by atoms with Gasteiger partial charge in [-0.2, -0.15) is 0 Å². The number of nitrogens with zero attached hydrogens (tertiary/aromatic N) is 2. The lowest BCUT2D eigenvalue weighted by Crippen LogP contribution is -2.46. The normalized spacial score (nSPS) is 14.7. The summed E-state index contributed by atoms with van der Waals surface area (Å²) in [4.78, 5) is 5.20. The first-order valence-electron chi connectivity index (χ1n) is 56.9. The molecule has 0 bridgehead atoms. The van der Waals surface area contributed by atoms with Crippen molar-refractivity contribution in [1.82, 2.24) is 0 Å². The van der Waals surface area contributed by atoms with Crippen molar-refractivity contribution in [1.29, 1.82) is 0 Å². The van der Waals surface area contributed by atoms with Gasteiger partial charge in [-0.3, -0.25) is 0 Å². The number of aryl methyl sites for hydroxylation is 4. The molecule has 2 aliphatic rings. The van der Waals surface area contributed by atoms with Gasteiger partial charge in [0.25, 0.3) is 0 Å². The average molecular weight is 1830 g/mol. The topological polar surface area (TPSA) is 6.48 Å². The largest absolute Gasteiger partial charge is 0.310 e. The maximum Gasteiger partial charge on any atom is 0.0465 e. The van der Waals surface area contributed by atoms with E-state index in [-0.39, 0.29) is 43.3 Å². The molecule has 0 saturated carbocycles. The highest BCUT2D eigenvalue weighted by Gasteiger charge is 2.52. The zero-order valence-corrected chi connectivity index (χ0v) is 90.9. The number of hydrogen-bond acceptors (Lipinski definition) is 2. The molecule has 0 saturated heterocycles. The zero-order valence-electron chi connectivity index (χ0n) is 90.9. The monoisotopic (exact) mass is 1830 g/mol. The van der Waals surface area contributed by atoms with Crippen molar-refractivity contribution in [3.63, 3.8) is 0 Å². The summed E-state index contributed by atoms with van der Waals surface area (Å²) >= 11 is 0. The first kappa shape index (κ1) is 107. The first-order chi connectivity index (χ1) is 65.7. The predicted molar refractivity (Wildman–Crippen MR) is 602 cm³/mol. The van der Waals surface area contributed by atoms with E-state index in [4.69, 9.17) is 0 Å². The Morgan fingerprint density at radius 3 is 1.00 bits per heavy atom. The van der Waals surface area contributed by atoms with Crippen LogP contribution in [0.4, 0.5) is 34.1 Å². The number of fused-ring (bicyclic) bond motifs is 8. The molecule has 0 aliphatic heterocycles. The summed E-state index contributed by atoms with van der Waals surface area (Å²) in [5, 5.41) is 2.96. The molecule has 3 unspecified atom stereocenters. The Bertz CT molecular complexity index is 5310. The summed E-state index contributed by atoms with van der Waals surface area (Å²) < 4.78 is 0. The van der Waals surface area contributed by atoms with E-state index in [1.54, 1.807) is 50.1 Å². The van der Waals surface area contributed by atoms with Crippen molar-refractivity contribution in [2.75, 3.05) is 9.80 Å². The molecule has 0 spiro atoms. The van der Waals surface area contributed by atoms with Crippen LogP contribution in [0.15, 0.2) is 194 Å². The molecule has 10 aromatic rings. The molecular weight excluding hydrogens is 1640 g/mol. The molecule has 736 valence electrons. The lowest BCUT2D eigenvalue weighted by molar-refractivity contribution is 0.233. The van der Waals surface area contributed by atoms with Crippen molar-refractivity contribution in [3.8, 4) is 22.3 Å². The summed E-state index contributed by atoms with van der Waals surface area (Å²) in [5.41, 5.74) is 33.7. The Labute approximate surface area is 834 Å². The van der Waals surface area contributed by atoms with Crippen molar-refractivity contribution in [2.24, 2.45) is 0 Å². The van der Waals surface area contributed by atoms with Crippen LogP contribution in [-0.4, -0.2) is 0 Å². The minimum absolute atomic E-state index is 0.0639. The van der Waals surface area contributed by atoms with Crippen molar-refractivity contribution >= 4 is 44.9 Å². The third-order valence-electron chi connectivity index (χ3n) is 36.3. The van der Waals surface area contributed by atoms with Crippen molar-refractivity contribution in [2.45, 2.75) is 491 Å². The third-order valence-corrected chi connectivity index (χ3v) is 36.3. The fourth-order valence-corrected chi connectivity index (χ4v) is 25.4. The fraction of sp³-hybridized carbons (Fsp3) is 0.567. The summed E-state index contributed by atoms with van der Waals surface area (Å²) in [6.07, 6.45) is 56.9. The van der Waals surface area contributed by atoms with Gasteiger partial charge in [0.15, 0.2) is 0 Å². The van der Waals surface area contributed by atoms with Gasteiger partial charge in [-0.25, -0.2) is 0 Å². The number of unbranched alkanes of at least 4 members (excludes halogenated alkanes) is 27. The number of benzene rings is 10. The number of anilines is 6. The van der Waals surface area contributed by atoms with Gasteiger partial charge in [0, 0.05) is 61.2 Å². The van der Waals surface area contributed by atoms with Gasteiger partial charge >= 0.3 is 0 Å². The lowest BCUT2D eigenvalue weighted by Gasteiger charge is -2.50. The molecule has 0 fully saturated rings. The van der Waals surface area contributed by atoms with E-state index in [0.29, 0.717) is 0 Å². The maximum absolute atomic E-state index is 2.95. The molecule has 0 aromatic heterocycles. The van der Waals surface area contributed by atoms with Crippen LogP contribution in [0.1, 0.15) is 499 Å². The molecule has 12 rings (SSSR count). The van der Waals surface area contributed by atoms with Gasteiger partial charge < -0.3 is 9.80 Å². The molecule has 0 heterocycles. The van der Waals surface area contributed by atoms with Gasteiger partial charge in [-0.05, 0) is 293 Å². The van der Waals surface area contributed by atoms with Gasteiger partial charge in [-0.15, -0.1) is 0 Å². The van der Waals surface area contributed by atoms with Crippen molar-refractivity contribution < 1.29 is 0 Å². The van der Waals surface area contributed by atoms with Gasteiger partial charge in [0.1, 0.15) is 0 Å². The second-order valence-corrected chi connectivity index (χ2v) is 45.5. The maximum atomic E-state index is 2.95. The second kappa shape index (κ2) is 49.5. The molecule has 0 N–H and O–H groups in total. The molecule has 2 nitrogen and oxygen atoms in total. The summed E-state index contributed by atoms with van der Waals surface area (Å²) in [5.74, 6) is 0. The van der Waals surface area contributed by atoms with Crippen LogP contribution in [0.5, 0.6) is 0 Å². The van der Waals surface area contributed by atoms with E-state index in [9.17, 15) is 0 Å². The molecule has 136 heavy (non-hydrogen) atoms. The Morgan fingerprint density at radius 2 is 0.588 bits per heavy atom. The van der Waals surface area contributed by atoms with E-state index in [1.165, 1.54) is 313 Å². The van der Waals surface area contributed by atoms with Crippen LogP contribution in [0, 0.1) is 13.8 Å². The fourth-order valence-electron chi connectivity index (χ4n) is 25.4. The SMILES string of the molecule is CCCCCCCCC1(CCCCCCCC)c2cc(N(c3ccc(C)cc3)c3ccc(C(C)(C)CC)cc3)ccc2-c2ccc(N(c3ccc(C)cc3)c3ccc(C(C)(CCCC)C(C)(C)c4cc(CCCCCC)c(C(C)(CC)C(C)(CC)c5cc6c(c7ccccc57)-c5ccc(C(C)(CC)CC)cc5C6(CCCCCCCC)CCCCCCCC)cc4CCCCCC)cc3)cc21. The highest BCUT2D eigenvalue weighted by Crippen LogP contribution is 2.63.